The molecule has 3 aromatic rings. The second-order valence-electron chi connectivity index (χ2n) is 12.2. The molecule has 5 heterocycles. The predicted molar refractivity (Wildman–Crippen MR) is 147 cm³/mol. The Morgan fingerprint density at radius 2 is 1.91 bits per heavy atom. The number of nitrogens with two attached hydrogens (primary N) is 1. The van der Waals surface area contributed by atoms with E-state index < -0.39 is 52.0 Å². The molecule has 230 valence electrons. The van der Waals surface area contributed by atoms with Gasteiger partial charge in [0, 0.05) is 36.7 Å². The number of ether oxygens (including phenoxy) is 3. The molecule has 0 unspecified atom stereocenters. The quantitative estimate of drug-likeness (QED) is 0.303. The summed E-state index contributed by atoms with van der Waals surface area (Å²) in [5.74, 6) is -2.14. The molecule has 9 nitrogen and oxygen atoms in total. The Kier molecular flexibility index (Phi) is 6.40. The molecule has 2 bridgehead atoms. The SMILES string of the molecule is COCC1(COc2nc3c4c(nc(-c5cc(N)c(F)c(C)c5C(F)(F)F)c(F)c4n2)O[C@@H](C)[C@@H]2[C@@H]4CC[C@H](CN32)N4)CC1. The van der Waals surface area contributed by atoms with Crippen LogP contribution in [0, 0.1) is 24.0 Å². The number of nitrogens with one attached hydrogen (secondary N) is 1. The molecule has 2 aromatic heterocycles. The smallest absolute Gasteiger partial charge is 0.417 e. The summed E-state index contributed by atoms with van der Waals surface area (Å²) in [6, 6.07) is 0.648. The minimum atomic E-state index is -5.03. The lowest BCUT2D eigenvalue weighted by Crippen LogP contribution is -2.62. The van der Waals surface area contributed by atoms with E-state index in [1.54, 1.807) is 7.11 Å². The Morgan fingerprint density at radius 1 is 1.14 bits per heavy atom. The van der Waals surface area contributed by atoms with Gasteiger partial charge >= 0.3 is 12.2 Å². The second kappa shape index (κ2) is 9.74. The van der Waals surface area contributed by atoms with Crippen LogP contribution in [0.1, 0.15) is 43.7 Å². The third-order valence-corrected chi connectivity index (χ3v) is 9.21. The van der Waals surface area contributed by atoms with Crippen LogP contribution in [-0.4, -0.2) is 66.0 Å². The molecule has 3 aliphatic heterocycles. The number of fused-ring (bicyclic) bond motifs is 5. The number of hydrogen-bond acceptors (Lipinski definition) is 9. The van der Waals surface area contributed by atoms with Gasteiger partial charge in [-0.25, -0.2) is 13.8 Å². The molecule has 4 atom stereocenters. The van der Waals surface area contributed by atoms with Crippen LogP contribution >= 0.6 is 0 Å². The molecule has 1 aliphatic carbocycles. The van der Waals surface area contributed by atoms with E-state index in [4.69, 9.17) is 24.9 Å². The largest absolute Gasteiger partial charge is 0.472 e. The fourth-order valence-electron chi connectivity index (χ4n) is 6.94. The van der Waals surface area contributed by atoms with E-state index in [9.17, 15) is 17.6 Å². The number of anilines is 2. The van der Waals surface area contributed by atoms with Gasteiger partial charge in [0.1, 0.15) is 34.3 Å². The fraction of sp³-hybridized carbons (Fsp3) is 0.552. The van der Waals surface area contributed by atoms with Crippen molar-refractivity contribution in [3.05, 3.63) is 28.8 Å². The van der Waals surface area contributed by atoms with Crippen LogP contribution in [0.3, 0.4) is 0 Å². The van der Waals surface area contributed by atoms with Gasteiger partial charge < -0.3 is 30.2 Å². The predicted octanol–water partition coefficient (Wildman–Crippen LogP) is 4.77. The van der Waals surface area contributed by atoms with Crippen molar-refractivity contribution < 1.29 is 36.2 Å². The van der Waals surface area contributed by atoms with Crippen LogP contribution < -0.4 is 25.4 Å². The van der Waals surface area contributed by atoms with Crippen LogP contribution in [0.2, 0.25) is 0 Å². The molecule has 0 spiro atoms. The first-order valence-electron chi connectivity index (χ1n) is 14.3. The summed E-state index contributed by atoms with van der Waals surface area (Å²) < 4.78 is 91.8. The zero-order valence-corrected chi connectivity index (χ0v) is 23.8. The summed E-state index contributed by atoms with van der Waals surface area (Å²) in [5, 5.41) is 3.74. The van der Waals surface area contributed by atoms with Crippen molar-refractivity contribution in [2.45, 2.75) is 69.9 Å². The lowest BCUT2D eigenvalue weighted by molar-refractivity contribution is -0.137. The highest BCUT2D eigenvalue weighted by Crippen LogP contribution is 2.48. The van der Waals surface area contributed by atoms with Gasteiger partial charge in [0.2, 0.25) is 5.88 Å². The molecular formula is C29H31F5N6O3. The van der Waals surface area contributed by atoms with E-state index in [1.165, 1.54) is 0 Å². The molecular weight excluding hydrogens is 575 g/mol. The van der Waals surface area contributed by atoms with Crippen molar-refractivity contribution in [2.24, 2.45) is 5.41 Å². The van der Waals surface area contributed by atoms with E-state index in [1.807, 2.05) is 6.92 Å². The Hall–Kier alpha value is -3.52. The number of benzene rings is 1. The number of hydrogen-bond donors (Lipinski definition) is 2. The maximum Gasteiger partial charge on any atom is 0.417 e. The van der Waals surface area contributed by atoms with Gasteiger partial charge in [0.25, 0.3) is 0 Å². The van der Waals surface area contributed by atoms with Gasteiger partial charge in [-0.3, -0.25) is 0 Å². The van der Waals surface area contributed by atoms with Crippen LogP contribution in [0.5, 0.6) is 11.9 Å². The van der Waals surface area contributed by atoms with E-state index >= 15 is 4.39 Å². The molecule has 3 N–H and O–H groups in total. The summed E-state index contributed by atoms with van der Waals surface area (Å²) in [6.45, 7) is 4.05. The van der Waals surface area contributed by atoms with Gasteiger partial charge in [-0.05, 0) is 51.2 Å². The topological polar surface area (TPSA) is 108 Å². The molecule has 2 saturated heterocycles. The normalized spacial score (nSPS) is 25.3. The number of alkyl halides is 3. The number of aromatic nitrogens is 3. The van der Waals surface area contributed by atoms with Crippen LogP contribution in [0.25, 0.3) is 22.2 Å². The maximum atomic E-state index is 16.6. The van der Waals surface area contributed by atoms with Crippen LogP contribution in [0.4, 0.5) is 33.5 Å². The number of nitrogen functional groups attached to an aromatic ring is 1. The third-order valence-electron chi connectivity index (χ3n) is 9.21. The Balaban J connectivity index is 1.46. The first-order valence-corrected chi connectivity index (χ1v) is 14.3. The van der Waals surface area contributed by atoms with E-state index in [0.29, 0.717) is 19.0 Å². The Bertz CT molecular complexity index is 1630. The number of nitrogens with zero attached hydrogens (tertiary/aromatic N) is 4. The van der Waals surface area contributed by atoms with Crippen molar-refractivity contribution in [1.29, 1.82) is 0 Å². The van der Waals surface area contributed by atoms with Crippen molar-refractivity contribution in [1.82, 2.24) is 20.3 Å². The molecule has 7 rings (SSSR count). The van der Waals surface area contributed by atoms with E-state index in [0.717, 1.165) is 38.7 Å². The Morgan fingerprint density at radius 3 is 2.60 bits per heavy atom. The summed E-state index contributed by atoms with van der Waals surface area (Å²) >= 11 is 0. The molecule has 1 aromatic carbocycles. The zero-order chi connectivity index (χ0) is 30.4. The molecule has 0 radical (unpaired) electrons. The number of piperazine rings is 1. The number of pyridine rings is 1. The highest BCUT2D eigenvalue weighted by Gasteiger charge is 2.48. The Labute approximate surface area is 243 Å². The summed E-state index contributed by atoms with van der Waals surface area (Å²) in [7, 11) is 1.60. The van der Waals surface area contributed by atoms with Gasteiger partial charge in [0.15, 0.2) is 5.82 Å². The molecule has 0 amide bonds. The molecule has 14 heteroatoms. The number of methoxy groups -OCH3 is 1. The highest BCUT2D eigenvalue weighted by molar-refractivity contribution is 5.97. The number of halogens is 5. The van der Waals surface area contributed by atoms with Crippen LogP contribution in [0.15, 0.2) is 6.07 Å². The summed E-state index contributed by atoms with van der Waals surface area (Å²) in [6.07, 6.45) is -1.92. The first-order chi connectivity index (χ1) is 20.4. The maximum absolute atomic E-state index is 16.6. The van der Waals surface area contributed by atoms with Gasteiger partial charge in [0.05, 0.1) is 30.5 Å². The third kappa shape index (κ3) is 4.52. The van der Waals surface area contributed by atoms with Crippen molar-refractivity contribution in [3.63, 3.8) is 0 Å². The average molecular weight is 607 g/mol. The molecule has 4 aliphatic rings. The fourth-order valence-corrected chi connectivity index (χ4v) is 6.94. The lowest BCUT2D eigenvalue weighted by atomic mass is 9.96. The minimum Gasteiger partial charge on any atom is -0.472 e. The average Bonchev–Trinajstić information content (AvgIpc) is 3.64. The number of rotatable bonds is 6. The lowest BCUT2D eigenvalue weighted by Gasteiger charge is -2.42. The van der Waals surface area contributed by atoms with Gasteiger partial charge in [-0.2, -0.15) is 23.1 Å². The molecule has 1 saturated carbocycles. The van der Waals surface area contributed by atoms with Crippen molar-refractivity contribution in [3.8, 4) is 23.1 Å². The van der Waals surface area contributed by atoms with Gasteiger partial charge in [-0.15, -0.1) is 0 Å². The first kappa shape index (κ1) is 28.3. The molecule has 43 heavy (non-hydrogen) atoms. The second-order valence-corrected chi connectivity index (χ2v) is 12.2. The summed E-state index contributed by atoms with van der Waals surface area (Å²) in [5.41, 5.74) is 1.12. The summed E-state index contributed by atoms with van der Waals surface area (Å²) in [4.78, 5) is 15.5. The van der Waals surface area contributed by atoms with Crippen molar-refractivity contribution >= 4 is 22.4 Å². The van der Waals surface area contributed by atoms with Crippen LogP contribution in [-0.2, 0) is 10.9 Å². The van der Waals surface area contributed by atoms with E-state index in [2.05, 4.69) is 20.2 Å². The van der Waals surface area contributed by atoms with Gasteiger partial charge in [-0.1, -0.05) is 0 Å². The van der Waals surface area contributed by atoms with Crippen molar-refractivity contribution in [2.75, 3.05) is 37.5 Å². The monoisotopic (exact) mass is 606 g/mol. The highest BCUT2D eigenvalue weighted by atomic mass is 19.4. The molecule has 3 fully saturated rings. The zero-order valence-electron chi connectivity index (χ0n) is 23.8. The van der Waals surface area contributed by atoms with E-state index in [-0.39, 0.29) is 52.9 Å². The minimum absolute atomic E-state index is 0.0505. The standard InChI is InChI=1S/C29H31F5N6O3/c1-12-19(29(32,33)34)15(8-16(35)20(12)30)22-21(31)23-18-25(39-27(38-23)42-11-28(6-7-28)10-41-3)40-9-14-4-5-17(36-14)24(40)13(2)43-26(18)37-22/h8,13-14,17,24,36H,4-7,9-11,35H2,1-3H3/t13-,14+,17-,24+/m0/s1.